The molecule has 1 heterocycles. The smallest absolute Gasteiger partial charge is 0.226 e. The second-order valence-corrected chi connectivity index (χ2v) is 4.22. The summed E-state index contributed by atoms with van der Waals surface area (Å²) in [5, 5.41) is 0.699. The Hall–Kier alpha value is -1.28. The molecule has 0 aliphatic rings. The lowest BCUT2D eigenvalue weighted by Crippen LogP contribution is -1.85. The van der Waals surface area contributed by atoms with Crippen LogP contribution in [0.3, 0.4) is 0 Å². The highest BCUT2D eigenvalue weighted by molar-refractivity contribution is 6.30. The van der Waals surface area contributed by atoms with Crippen molar-refractivity contribution in [2.24, 2.45) is 0 Å². The molecule has 1 aromatic carbocycles. The number of aryl methyl sites for hydroxylation is 2. The van der Waals surface area contributed by atoms with Crippen LogP contribution in [0.25, 0.3) is 11.5 Å². The van der Waals surface area contributed by atoms with Crippen molar-refractivity contribution in [1.29, 1.82) is 0 Å². The minimum atomic E-state index is 0.656. The Balaban J connectivity index is 2.37. The van der Waals surface area contributed by atoms with E-state index in [2.05, 4.69) is 11.9 Å². The van der Waals surface area contributed by atoms with Crippen molar-refractivity contribution >= 4 is 11.6 Å². The number of rotatable bonds is 3. The van der Waals surface area contributed by atoms with Gasteiger partial charge in [0.05, 0.1) is 5.69 Å². The maximum absolute atomic E-state index is 5.93. The number of benzene rings is 1. The van der Waals surface area contributed by atoms with Gasteiger partial charge in [0.2, 0.25) is 5.89 Å². The third-order valence-electron chi connectivity index (χ3n) is 2.45. The normalized spacial score (nSPS) is 10.7. The molecule has 0 saturated heterocycles. The predicted octanol–water partition coefficient (Wildman–Crippen LogP) is 4.26. The Morgan fingerprint density at radius 2 is 2.19 bits per heavy atom. The first-order valence-corrected chi connectivity index (χ1v) is 5.80. The van der Waals surface area contributed by atoms with Gasteiger partial charge in [0.25, 0.3) is 0 Å². The van der Waals surface area contributed by atoms with Crippen LogP contribution < -0.4 is 0 Å². The third kappa shape index (κ3) is 2.27. The van der Waals surface area contributed by atoms with E-state index in [1.54, 1.807) is 0 Å². The largest absolute Gasteiger partial charge is 0.441 e. The molecule has 0 radical (unpaired) electrons. The van der Waals surface area contributed by atoms with E-state index in [-0.39, 0.29) is 0 Å². The molecule has 2 nitrogen and oxygen atoms in total. The van der Waals surface area contributed by atoms with Crippen molar-refractivity contribution in [2.45, 2.75) is 26.7 Å². The van der Waals surface area contributed by atoms with Crippen molar-refractivity contribution in [1.82, 2.24) is 4.98 Å². The quantitative estimate of drug-likeness (QED) is 0.795. The van der Waals surface area contributed by atoms with Gasteiger partial charge in [0.1, 0.15) is 5.76 Å². The number of nitrogens with zero attached hydrogens (tertiary/aromatic N) is 1. The van der Waals surface area contributed by atoms with E-state index in [1.807, 2.05) is 31.2 Å². The summed E-state index contributed by atoms with van der Waals surface area (Å²) in [5.41, 5.74) is 1.97. The highest BCUT2D eigenvalue weighted by Gasteiger charge is 2.10. The van der Waals surface area contributed by atoms with Crippen molar-refractivity contribution in [3.8, 4) is 11.5 Å². The minimum absolute atomic E-state index is 0.656. The second kappa shape index (κ2) is 4.71. The fourth-order valence-corrected chi connectivity index (χ4v) is 1.83. The summed E-state index contributed by atoms with van der Waals surface area (Å²) in [7, 11) is 0. The van der Waals surface area contributed by atoms with E-state index < -0.39 is 0 Å². The summed E-state index contributed by atoms with van der Waals surface area (Å²) in [6.45, 7) is 4.08. The molecule has 0 fully saturated rings. The summed E-state index contributed by atoms with van der Waals surface area (Å²) in [5.74, 6) is 1.56. The van der Waals surface area contributed by atoms with Gasteiger partial charge in [-0.05, 0) is 31.5 Å². The van der Waals surface area contributed by atoms with Gasteiger partial charge in [-0.1, -0.05) is 31.0 Å². The molecule has 0 aliphatic carbocycles. The van der Waals surface area contributed by atoms with Gasteiger partial charge in [-0.2, -0.15) is 0 Å². The Labute approximate surface area is 100 Å². The van der Waals surface area contributed by atoms with E-state index in [0.717, 1.165) is 29.9 Å². The molecule has 0 atom stereocenters. The summed E-state index contributed by atoms with van der Waals surface area (Å²) in [4.78, 5) is 4.49. The van der Waals surface area contributed by atoms with Crippen LogP contribution in [0.15, 0.2) is 28.7 Å². The maximum Gasteiger partial charge on any atom is 0.226 e. The Bertz CT molecular complexity index is 490. The first-order valence-electron chi connectivity index (χ1n) is 5.43. The van der Waals surface area contributed by atoms with Gasteiger partial charge < -0.3 is 4.42 Å². The van der Waals surface area contributed by atoms with E-state index >= 15 is 0 Å². The molecule has 0 amide bonds. The maximum atomic E-state index is 5.93. The lowest BCUT2D eigenvalue weighted by molar-refractivity contribution is 0.539. The average molecular weight is 236 g/mol. The van der Waals surface area contributed by atoms with Crippen LogP contribution in [0.5, 0.6) is 0 Å². The second-order valence-electron chi connectivity index (χ2n) is 3.78. The van der Waals surface area contributed by atoms with Crippen LogP contribution in [-0.4, -0.2) is 4.98 Å². The molecule has 0 saturated carbocycles. The summed E-state index contributed by atoms with van der Waals surface area (Å²) < 4.78 is 5.64. The van der Waals surface area contributed by atoms with Crippen LogP contribution in [0.1, 0.15) is 24.8 Å². The predicted molar refractivity (Wildman–Crippen MR) is 65.7 cm³/mol. The SMILES string of the molecule is CCCc1nc(-c2cccc(Cl)c2)oc1C. The Morgan fingerprint density at radius 3 is 2.88 bits per heavy atom. The van der Waals surface area contributed by atoms with E-state index in [4.69, 9.17) is 16.0 Å². The molecule has 0 unspecified atom stereocenters. The number of oxazole rings is 1. The van der Waals surface area contributed by atoms with Gasteiger partial charge >= 0.3 is 0 Å². The number of halogens is 1. The third-order valence-corrected chi connectivity index (χ3v) is 2.69. The number of hydrogen-bond donors (Lipinski definition) is 0. The van der Waals surface area contributed by atoms with Crippen molar-refractivity contribution in [3.05, 3.63) is 40.7 Å². The number of hydrogen-bond acceptors (Lipinski definition) is 2. The average Bonchev–Trinajstić information content (AvgIpc) is 2.61. The fourth-order valence-electron chi connectivity index (χ4n) is 1.64. The van der Waals surface area contributed by atoms with Gasteiger partial charge in [-0.25, -0.2) is 4.98 Å². The van der Waals surface area contributed by atoms with E-state index in [9.17, 15) is 0 Å². The van der Waals surface area contributed by atoms with Gasteiger partial charge in [0.15, 0.2) is 0 Å². The lowest BCUT2D eigenvalue weighted by Gasteiger charge is -1.95. The Morgan fingerprint density at radius 1 is 1.38 bits per heavy atom. The van der Waals surface area contributed by atoms with Crippen molar-refractivity contribution in [2.75, 3.05) is 0 Å². The van der Waals surface area contributed by atoms with Gasteiger partial charge in [-0.15, -0.1) is 0 Å². The topological polar surface area (TPSA) is 26.0 Å². The van der Waals surface area contributed by atoms with Crippen LogP contribution >= 0.6 is 11.6 Å². The first kappa shape index (κ1) is 11.2. The monoisotopic (exact) mass is 235 g/mol. The number of aromatic nitrogens is 1. The zero-order valence-corrected chi connectivity index (χ0v) is 10.2. The van der Waals surface area contributed by atoms with Crippen LogP contribution in [-0.2, 0) is 6.42 Å². The summed E-state index contributed by atoms with van der Waals surface area (Å²) in [6.07, 6.45) is 2.03. The Kier molecular flexibility index (Phi) is 3.30. The molecule has 84 valence electrons. The molecule has 16 heavy (non-hydrogen) atoms. The van der Waals surface area contributed by atoms with E-state index in [1.165, 1.54) is 0 Å². The molecule has 0 spiro atoms. The fraction of sp³-hybridized carbons (Fsp3) is 0.308. The summed E-state index contributed by atoms with van der Waals surface area (Å²) in [6, 6.07) is 7.56. The standard InChI is InChI=1S/C13H14ClNO/c1-3-5-12-9(2)16-13(15-12)10-6-4-7-11(14)8-10/h4,6-8H,3,5H2,1-2H3. The summed E-state index contributed by atoms with van der Waals surface area (Å²) >= 11 is 5.93. The molecule has 0 N–H and O–H groups in total. The van der Waals surface area contributed by atoms with Crippen LogP contribution in [0.2, 0.25) is 5.02 Å². The van der Waals surface area contributed by atoms with Gasteiger partial charge in [0, 0.05) is 10.6 Å². The molecule has 0 bridgehead atoms. The molecule has 1 aromatic heterocycles. The molecular weight excluding hydrogens is 222 g/mol. The molecule has 0 aliphatic heterocycles. The molecule has 2 aromatic rings. The van der Waals surface area contributed by atoms with Crippen molar-refractivity contribution in [3.63, 3.8) is 0 Å². The molecule has 2 rings (SSSR count). The van der Waals surface area contributed by atoms with Gasteiger partial charge in [-0.3, -0.25) is 0 Å². The van der Waals surface area contributed by atoms with E-state index in [0.29, 0.717) is 10.9 Å². The molecule has 3 heteroatoms. The first-order chi connectivity index (χ1) is 7.70. The zero-order chi connectivity index (χ0) is 11.5. The van der Waals surface area contributed by atoms with Crippen LogP contribution in [0, 0.1) is 6.92 Å². The highest BCUT2D eigenvalue weighted by Crippen LogP contribution is 2.24. The highest BCUT2D eigenvalue weighted by atomic mass is 35.5. The minimum Gasteiger partial charge on any atom is -0.441 e. The zero-order valence-electron chi connectivity index (χ0n) is 9.46. The van der Waals surface area contributed by atoms with Crippen molar-refractivity contribution < 1.29 is 4.42 Å². The lowest BCUT2D eigenvalue weighted by atomic mass is 10.2. The van der Waals surface area contributed by atoms with Crippen LogP contribution in [0.4, 0.5) is 0 Å². The molecular formula is C13H14ClNO.